The standard InChI is InChI=1S/C27H30N2O6/c30-24(31)10-9-18-11-13-29(15-18)25(32)27(12-14-34-17-27)28-26(33)35-16-23-21-7-3-1-5-19(21)20-6-2-4-8-22(20)23/h1-8,18,23H,9-17H2,(H,28,33)(H,30,31). The molecule has 1 aliphatic carbocycles. The lowest BCUT2D eigenvalue weighted by Crippen LogP contribution is -2.60. The second-order valence-corrected chi connectivity index (χ2v) is 9.67. The second kappa shape index (κ2) is 9.70. The number of hydrogen-bond donors (Lipinski definition) is 2. The van der Waals surface area contributed by atoms with Crippen LogP contribution in [0.1, 0.15) is 42.7 Å². The van der Waals surface area contributed by atoms with E-state index in [1.54, 1.807) is 4.90 Å². The summed E-state index contributed by atoms with van der Waals surface area (Å²) in [4.78, 5) is 39.0. The second-order valence-electron chi connectivity index (χ2n) is 9.67. The van der Waals surface area contributed by atoms with Crippen LogP contribution in [0.15, 0.2) is 48.5 Å². The first-order valence-corrected chi connectivity index (χ1v) is 12.2. The SMILES string of the molecule is O=C(O)CCC1CCN(C(=O)C2(NC(=O)OCC3c4ccccc4-c4ccccc43)CCOC2)C1. The van der Waals surface area contributed by atoms with Gasteiger partial charge < -0.3 is 24.8 Å². The van der Waals surface area contributed by atoms with Gasteiger partial charge in [0.05, 0.1) is 6.61 Å². The summed E-state index contributed by atoms with van der Waals surface area (Å²) >= 11 is 0. The van der Waals surface area contributed by atoms with Crippen molar-refractivity contribution in [3.8, 4) is 11.1 Å². The van der Waals surface area contributed by atoms with Gasteiger partial charge in [0.15, 0.2) is 0 Å². The van der Waals surface area contributed by atoms with Gasteiger partial charge >= 0.3 is 12.1 Å². The molecule has 35 heavy (non-hydrogen) atoms. The monoisotopic (exact) mass is 478 g/mol. The Balaban J connectivity index is 1.23. The lowest BCUT2D eigenvalue weighted by atomic mass is 9.96. The number of carboxylic acids is 1. The van der Waals surface area contributed by atoms with Crippen molar-refractivity contribution in [1.82, 2.24) is 10.2 Å². The molecule has 8 heteroatoms. The fraction of sp³-hybridized carbons (Fsp3) is 0.444. The number of ether oxygens (including phenoxy) is 2. The summed E-state index contributed by atoms with van der Waals surface area (Å²) in [7, 11) is 0. The number of nitrogens with one attached hydrogen (secondary N) is 1. The fourth-order valence-electron chi connectivity index (χ4n) is 5.60. The fourth-order valence-corrected chi connectivity index (χ4v) is 5.60. The Morgan fingerprint density at radius 2 is 1.77 bits per heavy atom. The molecule has 2 N–H and O–H groups in total. The predicted molar refractivity (Wildman–Crippen MR) is 128 cm³/mol. The Kier molecular flexibility index (Phi) is 6.47. The topological polar surface area (TPSA) is 105 Å². The maximum atomic E-state index is 13.4. The molecule has 2 heterocycles. The Hall–Kier alpha value is -3.39. The molecule has 184 valence electrons. The molecule has 0 radical (unpaired) electrons. The van der Waals surface area contributed by atoms with Crippen molar-refractivity contribution in [1.29, 1.82) is 0 Å². The van der Waals surface area contributed by atoms with E-state index in [1.165, 1.54) is 0 Å². The van der Waals surface area contributed by atoms with Crippen molar-refractivity contribution in [3.63, 3.8) is 0 Å². The minimum atomic E-state index is -1.15. The molecule has 2 aromatic rings. The van der Waals surface area contributed by atoms with Gasteiger partial charge in [-0.2, -0.15) is 0 Å². The zero-order chi connectivity index (χ0) is 24.4. The smallest absolute Gasteiger partial charge is 0.408 e. The van der Waals surface area contributed by atoms with E-state index in [0.29, 0.717) is 32.5 Å². The molecule has 0 aromatic heterocycles. The van der Waals surface area contributed by atoms with Gasteiger partial charge in [-0.25, -0.2) is 4.79 Å². The van der Waals surface area contributed by atoms with Crippen LogP contribution >= 0.6 is 0 Å². The van der Waals surface area contributed by atoms with Crippen molar-refractivity contribution in [2.24, 2.45) is 5.92 Å². The molecule has 2 saturated heterocycles. The number of carboxylic acid groups (broad SMARTS) is 1. The summed E-state index contributed by atoms with van der Waals surface area (Å²) < 4.78 is 11.2. The van der Waals surface area contributed by atoms with Gasteiger partial charge in [-0.3, -0.25) is 9.59 Å². The third-order valence-electron chi connectivity index (χ3n) is 7.46. The van der Waals surface area contributed by atoms with E-state index in [2.05, 4.69) is 29.6 Å². The number of amides is 2. The van der Waals surface area contributed by atoms with Gasteiger partial charge in [0.1, 0.15) is 12.1 Å². The van der Waals surface area contributed by atoms with Crippen LogP contribution in [0.4, 0.5) is 4.79 Å². The number of aliphatic carboxylic acids is 1. The summed E-state index contributed by atoms with van der Waals surface area (Å²) in [6.45, 7) is 1.71. The van der Waals surface area contributed by atoms with E-state index in [4.69, 9.17) is 14.6 Å². The van der Waals surface area contributed by atoms with Crippen molar-refractivity contribution >= 4 is 18.0 Å². The first-order chi connectivity index (χ1) is 17.0. The number of fused-ring (bicyclic) bond motifs is 3. The van der Waals surface area contributed by atoms with Crippen molar-refractivity contribution in [2.45, 2.75) is 37.1 Å². The van der Waals surface area contributed by atoms with E-state index < -0.39 is 17.6 Å². The minimum Gasteiger partial charge on any atom is -0.481 e. The third-order valence-corrected chi connectivity index (χ3v) is 7.46. The van der Waals surface area contributed by atoms with Crippen LogP contribution in [0.3, 0.4) is 0 Å². The molecule has 2 fully saturated rings. The molecule has 2 amide bonds. The van der Waals surface area contributed by atoms with E-state index in [1.807, 2.05) is 24.3 Å². The van der Waals surface area contributed by atoms with Crippen LogP contribution in [0, 0.1) is 5.92 Å². The van der Waals surface area contributed by atoms with Crippen LogP contribution < -0.4 is 5.32 Å². The van der Waals surface area contributed by atoms with Gasteiger partial charge in [-0.05, 0) is 41.0 Å². The average Bonchev–Trinajstić information content (AvgIpc) is 3.59. The van der Waals surface area contributed by atoms with E-state index in [-0.39, 0.29) is 37.4 Å². The van der Waals surface area contributed by atoms with Crippen LogP contribution in [-0.4, -0.2) is 66.4 Å². The quantitative estimate of drug-likeness (QED) is 0.632. The van der Waals surface area contributed by atoms with E-state index in [0.717, 1.165) is 28.7 Å². The van der Waals surface area contributed by atoms with Crippen molar-refractivity contribution in [3.05, 3.63) is 59.7 Å². The molecule has 2 aliphatic heterocycles. The number of likely N-dealkylation sites (tertiary alicyclic amines) is 1. The highest BCUT2D eigenvalue weighted by Crippen LogP contribution is 2.44. The van der Waals surface area contributed by atoms with Gasteiger partial charge in [-0.1, -0.05) is 48.5 Å². The number of carbonyl (C=O) groups excluding carboxylic acids is 2. The van der Waals surface area contributed by atoms with Gasteiger partial charge in [0.2, 0.25) is 0 Å². The Labute approximate surface area is 204 Å². The number of nitrogens with zero attached hydrogens (tertiary/aromatic N) is 1. The van der Waals surface area contributed by atoms with Crippen LogP contribution in [0.25, 0.3) is 11.1 Å². The van der Waals surface area contributed by atoms with E-state index >= 15 is 0 Å². The molecule has 0 saturated carbocycles. The molecule has 2 aromatic carbocycles. The summed E-state index contributed by atoms with van der Waals surface area (Å²) in [5.41, 5.74) is 3.41. The zero-order valence-corrected chi connectivity index (χ0v) is 19.6. The number of benzene rings is 2. The number of alkyl carbamates (subject to hydrolysis) is 1. The van der Waals surface area contributed by atoms with Gasteiger partial charge in [0.25, 0.3) is 5.91 Å². The molecule has 3 aliphatic rings. The normalized spacial score (nSPS) is 23.1. The highest BCUT2D eigenvalue weighted by Gasteiger charge is 2.47. The zero-order valence-electron chi connectivity index (χ0n) is 19.6. The van der Waals surface area contributed by atoms with Crippen molar-refractivity contribution < 1.29 is 29.0 Å². The summed E-state index contributed by atoms with van der Waals surface area (Å²) in [6, 6.07) is 16.3. The highest BCUT2D eigenvalue weighted by molar-refractivity contribution is 5.91. The van der Waals surface area contributed by atoms with Gasteiger partial charge in [-0.15, -0.1) is 0 Å². The molecular weight excluding hydrogens is 448 g/mol. The van der Waals surface area contributed by atoms with E-state index in [9.17, 15) is 14.4 Å². The summed E-state index contributed by atoms with van der Waals surface area (Å²) in [6.07, 6.45) is 1.15. The minimum absolute atomic E-state index is 0.0618. The molecule has 2 unspecified atom stereocenters. The first-order valence-electron chi connectivity index (χ1n) is 12.2. The molecule has 0 bridgehead atoms. The van der Waals surface area contributed by atoms with Crippen LogP contribution in [-0.2, 0) is 19.1 Å². The molecule has 2 atom stereocenters. The molecule has 0 spiro atoms. The van der Waals surface area contributed by atoms with Crippen LogP contribution in [0.5, 0.6) is 0 Å². The molecular formula is C27H30N2O6. The lowest BCUT2D eigenvalue weighted by Gasteiger charge is -2.31. The lowest BCUT2D eigenvalue weighted by molar-refractivity contribution is -0.137. The Morgan fingerprint density at radius 3 is 2.40 bits per heavy atom. The number of hydrogen-bond acceptors (Lipinski definition) is 5. The molecule has 8 nitrogen and oxygen atoms in total. The average molecular weight is 479 g/mol. The highest BCUT2D eigenvalue weighted by atomic mass is 16.6. The third kappa shape index (κ3) is 4.62. The molecule has 5 rings (SSSR count). The van der Waals surface area contributed by atoms with Crippen molar-refractivity contribution in [2.75, 3.05) is 32.9 Å². The predicted octanol–water partition coefficient (Wildman–Crippen LogP) is 3.40. The number of rotatable bonds is 7. The first kappa shape index (κ1) is 23.4. The number of carbonyl (C=O) groups is 3. The Bertz CT molecular complexity index is 1080. The van der Waals surface area contributed by atoms with Crippen LogP contribution in [0.2, 0.25) is 0 Å². The van der Waals surface area contributed by atoms with Gasteiger partial charge in [0, 0.05) is 38.5 Å². The maximum Gasteiger partial charge on any atom is 0.408 e. The maximum absolute atomic E-state index is 13.4. The summed E-state index contributed by atoms with van der Waals surface area (Å²) in [5, 5.41) is 11.8. The summed E-state index contributed by atoms with van der Waals surface area (Å²) in [5.74, 6) is -0.911. The Morgan fingerprint density at radius 1 is 1.09 bits per heavy atom. The largest absolute Gasteiger partial charge is 0.481 e.